The number of hydrogen-bond acceptors (Lipinski definition) is 3. The van der Waals surface area contributed by atoms with Gasteiger partial charge in [0.15, 0.2) is 0 Å². The molecule has 3 rings (SSSR count). The molecular formula is C20H23NO3. The molecule has 0 N–H and O–H groups in total. The minimum Gasteiger partial charge on any atom is -0.494 e. The summed E-state index contributed by atoms with van der Waals surface area (Å²) in [5, 5.41) is 0. The van der Waals surface area contributed by atoms with E-state index in [-0.39, 0.29) is 12.0 Å². The summed E-state index contributed by atoms with van der Waals surface area (Å²) < 4.78 is 11.3. The van der Waals surface area contributed by atoms with Gasteiger partial charge in [-0.1, -0.05) is 24.3 Å². The van der Waals surface area contributed by atoms with Gasteiger partial charge in [-0.2, -0.15) is 0 Å². The van der Waals surface area contributed by atoms with Crippen LogP contribution in [0.4, 0.5) is 0 Å². The number of rotatable bonds is 5. The zero-order valence-corrected chi connectivity index (χ0v) is 14.2. The lowest BCUT2D eigenvalue weighted by Crippen LogP contribution is -2.33. The second-order valence-electron chi connectivity index (χ2n) is 5.95. The Balaban J connectivity index is 1.68. The zero-order valence-electron chi connectivity index (χ0n) is 14.2. The molecule has 0 fully saturated rings. The Morgan fingerprint density at radius 2 is 1.96 bits per heavy atom. The molecule has 24 heavy (non-hydrogen) atoms. The highest BCUT2D eigenvalue weighted by atomic mass is 16.5. The van der Waals surface area contributed by atoms with Crippen LogP contribution in [0.15, 0.2) is 48.5 Å². The second kappa shape index (κ2) is 7.49. The Bertz CT molecular complexity index is 696. The Morgan fingerprint density at radius 1 is 1.21 bits per heavy atom. The summed E-state index contributed by atoms with van der Waals surface area (Å²) in [6.07, 6.45) is 0.870. The number of benzene rings is 2. The maximum atomic E-state index is 12.6. The summed E-state index contributed by atoms with van der Waals surface area (Å²) in [7, 11) is 1.82. The fourth-order valence-corrected chi connectivity index (χ4v) is 3.04. The molecule has 1 heterocycles. The predicted molar refractivity (Wildman–Crippen MR) is 93.4 cm³/mol. The van der Waals surface area contributed by atoms with Crippen LogP contribution >= 0.6 is 0 Å². The first kappa shape index (κ1) is 16.5. The van der Waals surface area contributed by atoms with Crippen molar-refractivity contribution in [3.05, 3.63) is 65.2 Å². The van der Waals surface area contributed by atoms with Crippen molar-refractivity contribution in [1.29, 1.82) is 0 Å². The molecule has 0 spiro atoms. The molecular weight excluding hydrogens is 302 g/mol. The van der Waals surface area contributed by atoms with E-state index in [2.05, 4.69) is 18.2 Å². The van der Waals surface area contributed by atoms with Crippen LogP contribution in [-0.2, 0) is 11.2 Å². The number of hydrogen-bond donors (Lipinski definition) is 0. The van der Waals surface area contributed by atoms with Crippen LogP contribution in [0, 0.1) is 0 Å². The Labute approximate surface area is 143 Å². The van der Waals surface area contributed by atoms with Gasteiger partial charge in [0, 0.05) is 12.6 Å². The minimum atomic E-state index is -0.0633. The van der Waals surface area contributed by atoms with E-state index in [0.29, 0.717) is 25.3 Å². The van der Waals surface area contributed by atoms with Crippen LogP contribution < -0.4 is 4.74 Å². The van der Waals surface area contributed by atoms with Crippen LogP contribution in [-0.4, -0.2) is 37.6 Å². The maximum absolute atomic E-state index is 12.6. The molecule has 0 saturated carbocycles. The van der Waals surface area contributed by atoms with Crippen LogP contribution in [0.3, 0.4) is 0 Å². The maximum Gasteiger partial charge on any atom is 0.253 e. The number of likely N-dealkylation sites (N-methyl/N-ethyl adjacent to an activating group) is 1. The van der Waals surface area contributed by atoms with Crippen molar-refractivity contribution in [2.24, 2.45) is 0 Å². The summed E-state index contributed by atoms with van der Waals surface area (Å²) in [4.78, 5) is 14.4. The summed E-state index contributed by atoms with van der Waals surface area (Å²) in [6.45, 7) is 3.80. The first-order valence-corrected chi connectivity index (χ1v) is 8.36. The molecule has 1 atom stereocenters. The molecule has 2 aromatic rings. The molecule has 4 nitrogen and oxygen atoms in total. The van der Waals surface area contributed by atoms with Gasteiger partial charge in [-0.25, -0.2) is 0 Å². The van der Waals surface area contributed by atoms with Gasteiger partial charge in [0.2, 0.25) is 0 Å². The third kappa shape index (κ3) is 3.60. The van der Waals surface area contributed by atoms with Crippen molar-refractivity contribution in [2.45, 2.75) is 19.4 Å². The first-order valence-electron chi connectivity index (χ1n) is 8.36. The first-order chi connectivity index (χ1) is 11.7. The number of fused-ring (bicyclic) bond motifs is 1. The van der Waals surface area contributed by atoms with Gasteiger partial charge in [0.05, 0.1) is 19.8 Å². The van der Waals surface area contributed by atoms with Gasteiger partial charge in [0.1, 0.15) is 11.9 Å². The van der Waals surface area contributed by atoms with Crippen LogP contribution in [0.1, 0.15) is 34.5 Å². The average molecular weight is 325 g/mol. The van der Waals surface area contributed by atoms with E-state index < -0.39 is 0 Å². The highest BCUT2D eigenvalue weighted by Gasteiger charge is 2.24. The Morgan fingerprint density at radius 3 is 2.71 bits per heavy atom. The lowest BCUT2D eigenvalue weighted by Gasteiger charge is -2.29. The molecule has 1 aliphatic rings. The monoisotopic (exact) mass is 325 g/mol. The van der Waals surface area contributed by atoms with E-state index in [4.69, 9.17) is 9.47 Å². The van der Waals surface area contributed by atoms with E-state index in [1.807, 2.05) is 32.2 Å². The normalized spacial score (nSPS) is 16.3. The third-order valence-electron chi connectivity index (χ3n) is 4.29. The van der Waals surface area contributed by atoms with Gasteiger partial charge in [0.25, 0.3) is 5.91 Å². The molecule has 1 amide bonds. The van der Waals surface area contributed by atoms with Crippen molar-refractivity contribution in [3.63, 3.8) is 0 Å². The molecule has 0 radical (unpaired) electrons. The Hall–Kier alpha value is -2.33. The predicted octanol–water partition coefficient (Wildman–Crippen LogP) is 3.47. The molecule has 0 bridgehead atoms. The highest BCUT2D eigenvalue weighted by Crippen LogP contribution is 2.27. The second-order valence-corrected chi connectivity index (χ2v) is 5.95. The van der Waals surface area contributed by atoms with Crippen LogP contribution in [0.5, 0.6) is 5.75 Å². The molecule has 0 aliphatic carbocycles. The number of ether oxygens (including phenoxy) is 2. The SMILES string of the molecule is CCOc1ccc(C(=O)N(C)C[C@@H]2OCCc3ccccc32)cc1. The van der Waals surface area contributed by atoms with E-state index in [1.165, 1.54) is 11.1 Å². The van der Waals surface area contributed by atoms with E-state index in [1.54, 1.807) is 17.0 Å². The topological polar surface area (TPSA) is 38.8 Å². The smallest absolute Gasteiger partial charge is 0.253 e. The third-order valence-corrected chi connectivity index (χ3v) is 4.29. The number of carbonyl (C=O) groups excluding carboxylic acids is 1. The summed E-state index contributed by atoms with van der Waals surface area (Å²) >= 11 is 0. The highest BCUT2D eigenvalue weighted by molar-refractivity contribution is 5.94. The van der Waals surface area contributed by atoms with Crippen molar-refractivity contribution in [3.8, 4) is 5.75 Å². The molecule has 2 aromatic carbocycles. The average Bonchev–Trinajstić information content (AvgIpc) is 2.62. The zero-order chi connectivity index (χ0) is 16.9. The van der Waals surface area contributed by atoms with E-state index in [9.17, 15) is 4.79 Å². The van der Waals surface area contributed by atoms with Gasteiger partial charge >= 0.3 is 0 Å². The lowest BCUT2D eigenvalue weighted by atomic mass is 9.97. The van der Waals surface area contributed by atoms with Gasteiger partial charge in [-0.15, -0.1) is 0 Å². The fourth-order valence-electron chi connectivity index (χ4n) is 3.04. The standard InChI is InChI=1S/C20H23NO3/c1-3-23-17-10-8-16(9-11-17)20(22)21(2)14-19-18-7-5-4-6-15(18)12-13-24-19/h4-11,19H,3,12-14H2,1-2H3/t19-/m0/s1. The van der Waals surface area contributed by atoms with Crippen LogP contribution in [0.25, 0.3) is 0 Å². The van der Waals surface area contributed by atoms with E-state index >= 15 is 0 Å². The van der Waals surface area contributed by atoms with Crippen LogP contribution in [0.2, 0.25) is 0 Å². The van der Waals surface area contributed by atoms with Crippen molar-refractivity contribution in [2.75, 3.05) is 26.8 Å². The summed E-state index contributed by atoms with van der Waals surface area (Å²) in [5.74, 6) is 0.769. The van der Waals surface area contributed by atoms with Gasteiger partial charge in [-0.05, 0) is 48.7 Å². The molecule has 0 unspecified atom stereocenters. The van der Waals surface area contributed by atoms with Gasteiger partial charge < -0.3 is 14.4 Å². The van der Waals surface area contributed by atoms with Crippen molar-refractivity contribution in [1.82, 2.24) is 4.90 Å². The minimum absolute atomic E-state index is 0.00953. The molecule has 1 aliphatic heterocycles. The fraction of sp³-hybridized carbons (Fsp3) is 0.350. The number of amides is 1. The summed E-state index contributed by atoms with van der Waals surface area (Å²) in [5.41, 5.74) is 3.16. The van der Waals surface area contributed by atoms with Gasteiger partial charge in [-0.3, -0.25) is 4.79 Å². The molecule has 0 saturated heterocycles. The summed E-state index contributed by atoms with van der Waals surface area (Å²) in [6, 6.07) is 15.6. The molecule has 0 aromatic heterocycles. The van der Waals surface area contributed by atoms with Crippen molar-refractivity contribution >= 4 is 5.91 Å². The molecule has 4 heteroatoms. The lowest BCUT2D eigenvalue weighted by molar-refractivity contribution is 0.0200. The van der Waals surface area contributed by atoms with E-state index in [0.717, 1.165) is 12.2 Å². The Kier molecular flexibility index (Phi) is 5.16. The molecule has 126 valence electrons. The largest absolute Gasteiger partial charge is 0.494 e. The van der Waals surface area contributed by atoms with Crippen molar-refractivity contribution < 1.29 is 14.3 Å². The number of carbonyl (C=O) groups is 1. The number of nitrogens with zero attached hydrogens (tertiary/aromatic N) is 1. The quantitative estimate of drug-likeness (QED) is 0.845.